The summed E-state index contributed by atoms with van der Waals surface area (Å²) in [5, 5.41) is 17.3. The van der Waals surface area contributed by atoms with Crippen molar-refractivity contribution in [3.8, 4) is 46.2 Å². The molecule has 2 heterocycles. The van der Waals surface area contributed by atoms with Crippen LogP contribution in [0.3, 0.4) is 0 Å². The van der Waals surface area contributed by atoms with E-state index >= 15 is 0 Å². The van der Waals surface area contributed by atoms with Gasteiger partial charge in [-0.05, 0) is 30.3 Å². The first-order valence-corrected chi connectivity index (χ1v) is 9.67. The van der Waals surface area contributed by atoms with Crippen LogP contribution in [0, 0.1) is 11.3 Å². The maximum atomic E-state index is 9.97. The van der Waals surface area contributed by atoms with Gasteiger partial charge in [0, 0.05) is 11.1 Å². The van der Waals surface area contributed by atoms with E-state index in [0.29, 0.717) is 34.1 Å². The molecule has 0 spiro atoms. The highest BCUT2D eigenvalue weighted by Gasteiger charge is 2.38. The highest BCUT2D eigenvalue weighted by Crippen LogP contribution is 2.51. The predicted molar refractivity (Wildman–Crippen MR) is 116 cm³/mol. The Morgan fingerprint density at radius 3 is 2.28 bits per heavy atom. The second kappa shape index (κ2) is 8.43. The van der Waals surface area contributed by atoms with Crippen LogP contribution in [0.2, 0.25) is 0 Å². The SMILES string of the molecule is COc1ccc(-c2[nH]nc3c2C(c2ccc(OC)c(OC)c2OC)C(C#N)=C(N)O3)cc1. The minimum Gasteiger partial charge on any atom is -0.497 e. The first kappa shape index (κ1) is 20.9. The molecule has 0 saturated carbocycles. The van der Waals surface area contributed by atoms with Crippen molar-refractivity contribution in [1.82, 2.24) is 10.2 Å². The highest BCUT2D eigenvalue weighted by molar-refractivity contribution is 5.73. The van der Waals surface area contributed by atoms with Crippen molar-refractivity contribution in [2.75, 3.05) is 28.4 Å². The highest BCUT2D eigenvalue weighted by atomic mass is 16.5. The quantitative estimate of drug-likeness (QED) is 0.605. The molecule has 164 valence electrons. The van der Waals surface area contributed by atoms with Crippen molar-refractivity contribution in [3.05, 3.63) is 59.0 Å². The molecular formula is C23H22N4O5. The fraction of sp³-hybridized carbons (Fsp3) is 0.217. The van der Waals surface area contributed by atoms with Gasteiger partial charge in [0.1, 0.15) is 17.4 Å². The lowest BCUT2D eigenvalue weighted by molar-refractivity contribution is 0.321. The van der Waals surface area contributed by atoms with Crippen LogP contribution in [0.15, 0.2) is 47.9 Å². The smallest absolute Gasteiger partial charge is 0.244 e. The van der Waals surface area contributed by atoms with E-state index in [0.717, 1.165) is 11.3 Å². The van der Waals surface area contributed by atoms with Crippen LogP contribution in [0.1, 0.15) is 17.0 Å². The van der Waals surface area contributed by atoms with Crippen LogP contribution >= 0.6 is 0 Å². The molecule has 1 atom stereocenters. The molecule has 9 heteroatoms. The Labute approximate surface area is 184 Å². The number of ether oxygens (including phenoxy) is 5. The van der Waals surface area contributed by atoms with Crippen molar-refractivity contribution in [1.29, 1.82) is 5.26 Å². The third-order valence-electron chi connectivity index (χ3n) is 5.36. The van der Waals surface area contributed by atoms with E-state index in [1.165, 1.54) is 14.2 Å². The molecule has 0 amide bonds. The summed E-state index contributed by atoms with van der Waals surface area (Å²) in [6, 6.07) is 13.2. The molecule has 1 aliphatic rings. The Balaban J connectivity index is 1.98. The number of aromatic nitrogens is 2. The number of aromatic amines is 1. The molecule has 1 unspecified atom stereocenters. The number of allylic oxidation sites excluding steroid dienone is 1. The van der Waals surface area contributed by atoms with Gasteiger partial charge >= 0.3 is 0 Å². The fourth-order valence-corrected chi connectivity index (χ4v) is 3.89. The van der Waals surface area contributed by atoms with Crippen LogP contribution in [0.25, 0.3) is 11.3 Å². The summed E-state index contributed by atoms with van der Waals surface area (Å²) in [6.07, 6.45) is 0. The molecule has 4 rings (SSSR count). The number of nitrogens with two attached hydrogens (primary N) is 1. The zero-order valence-electron chi connectivity index (χ0n) is 18.1. The van der Waals surface area contributed by atoms with Crippen molar-refractivity contribution < 1.29 is 23.7 Å². The molecule has 1 aromatic heterocycles. The number of fused-ring (bicyclic) bond motifs is 1. The van der Waals surface area contributed by atoms with Gasteiger partial charge < -0.3 is 29.4 Å². The van der Waals surface area contributed by atoms with Crippen LogP contribution in [-0.4, -0.2) is 38.6 Å². The molecule has 1 aliphatic heterocycles. The van der Waals surface area contributed by atoms with Gasteiger partial charge in [-0.15, -0.1) is 5.10 Å². The molecule has 9 nitrogen and oxygen atoms in total. The van der Waals surface area contributed by atoms with Gasteiger partial charge in [0.2, 0.25) is 17.5 Å². The van der Waals surface area contributed by atoms with Gasteiger partial charge in [-0.25, -0.2) is 0 Å². The Bertz CT molecular complexity index is 1220. The lowest BCUT2D eigenvalue weighted by Gasteiger charge is -2.26. The van der Waals surface area contributed by atoms with Gasteiger partial charge in [0.25, 0.3) is 0 Å². The third kappa shape index (κ3) is 3.22. The van der Waals surface area contributed by atoms with Gasteiger partial charge in [0.15, 0.2) is 11.5 Å². The van der Waals surface area contributed by atoms with Crippen molar-refractivity contribution >= 4 is 0 Å². The van der Waals surface area contributed by atoms with Crippen molar-refractivity contribution in [3.63, 3.8) is 0 Å². The van der Waals surface area contributed by atoms with Crippen LogP contribution in [-0.2, 0) is 0 Å². The topological polar surface area (TPSA) is 125 Å². The molecule has 32 heavy (non-hydrogen) atoms. The summed E-state index contributed by atoms with van der Waals surface area (Å²) in [7, 11) is 6.20. The zero-order chi connectivity index (χ0) is 22.8. The van der Waals surface area contributed by atoms with E-state index in [2.05, 4.69) is 16.3 Å². The average Bonchev–Trinajstić information content (AvgIpc) is 3.25. The molecule has 0 fully saturated rings. The lowest BCUT2D eigenvalue weighted by Crippen LogP contribution is -2.21. The minimum atomic E-state index is -0.616. The van der Waals surface area contributed by atoms with E-state index < -0.39 is 5.92 Å². The molecule has 0 radical (unpaired) electrons. The molecule has 0 bridgehead atoms. The van der Waals surface area contributed by atoms with Crippen molar-refractivity contribution in [2.24, 2.45) is 5.73 Å². The predicted octanol–water partition coefficient (Wildman–Crippen LogP) is 3.33. The average molecular weight is 434 g/mol. The number of benzene rings is 2. The number of rotatable bonds is 6. The molecule has 0 saturated heterocycles. The van der Waals surface area contributed by atoms with Crippen molar-refractivity contribution in [2.45, 2.75) is 5.92 Å². The third-order valence-corrected chi connectivity index (χ3v) is 5.36. The number of hydrogen-bond acceptors (Lipinski definition) is 8. The Morgan fingerprint density at radius 2 is 1.69 bits per heavy atom. The summed E-state index contributed by atoms with van der Waals surface area (Å²) in [6.45, 7) is 0. The van der Waals surface area contributed by atoms with E-state index in [9.17, 15) is 5.26 Å². The molecule has 3 N–H and O–H groups in total. The first-order chi connectivity index (χ1) is 15.6. The van der Waals surface area contributed by atoms with E-state index in [1.54, 1.807) is 20.3 Å². The van der Waals surface area contributed by atoms with E-state index in [1.807, 2.05) is 30.3 Å². The molecule has 2 aromatic carbocycles. The molecular weight excluding hydrogens is 412 g/mol. The Morgan fingerprint density at radius 1 is 0.969 bits per heavy atom. The first-order valence-electron chi connectivity index (χ1n) is 9.67. The summed E-state index contributed by atoms with van der Waals surface area (Å²) >= 11 is 0. The summed E-state index contributed by atoms with van der Waals surface area (Å²) < 4.78 is 27.6. The normalized spacial score (nSPS) is 14.8. The largest absolute Gasteiger partial charge is 0.497 e. The number of nitrogens with zero attached hydrogens (tertiary/aromatic N) is 2. The number of nitrogens with one attached hydrogen (secondary N) is 1. The zero-order valence-corrected chi connectivity index (χ0v) is 18.1. The number of hydrogen-bond donors (Lipinski definition) is 2. The van der Waals surface area contributed by atoms with Crippen LogP contribution in [0.5, 0.6) is 28.9 Å². The van der Waals surface area contributed by atoms with Gasteiger partial charge in [0.05, 0.1) is 45.6 Å². The summed E-state index contributed by atoms with van der Waals surface area (Å²) in [4.78, 5) is 0. The second-order valence-corrected chi connectivity index (χ2v) is 6.89. The van der Waals surface area contributed by atoms with E-state index in [4.69, 9.17) is 29.4 Å². The summed E-state index contributed by atoms with van der Waals surface area (Å²) in [5.41, 5.74) is 9.18. The second-order valence-electron chi connectivity index (χ2n) is 6.89. The fourth-order valence-electron chi connectivity index (χ4n) is 3.89. The number of nitriles is 1. The van der Waals surface area contributed by atoms with E-state index in [-0.39, 0.29) is 17.3 Å². The maximum absolute atomic E-state index is 9.97. The Hall–Kier alpha value is -4.32. The number of H-pyrrole nitrogens is 1. The lowest BCUT2D eigenvalue weighted by atomic mass is 9.82. The minimum absolute atomic E-state index is 0.0189. The van der Waals surface area contributed by atoms with Gasteiger partial charge in [-0.2, -0.15) is 5.26 Å². The number of methoxy groups -OCH3 is 4. The maximum Gasteiger partial charge on any atom is 0.244 e. The Kier molecular flexibility index (Phi) is 5.52. The van der Waals surface area contributed by atoms with Crippen LogP contribution < -0.4 is 29.4 Å². The monoisotopic (exact) mass is 434 g/mol. The van der Waals surface area contributed by atoms with Gasteiger partial charge in [-0.1, -0.05) is 6.07 Å². The summed E-state index contributed by atoms with van der Waals surface area (Å²) in [5.74, 6) is 1.70. The van der Waals surface area contributed by atoms with Crippen LogP contribution in [0.4, 0.5) is 0 Å². The molecule has 3 aromatic rings. The molecule has 0 aliphatic carbocycles. The van der Waals surface area contributed by atoms with Gasteiger partial charge in [-0.3, -0.25) is 5.10 Å². The standard InChI is InChI=1S/C23H22N4O5/c1-28-13-7-5-12(6-8-13)19-18-17(15(11-24)22(25)32-23(18)27-26-19)14-9-10-16(29-2)21(31-4)20(14)30-3/h5-10,17H,25H2,1-4H3,(H,26,27).